The zero-order chi connectivity index (χ0) is 12.9. The molecular weight excluding hydrogens is 321 g/mol. The van der Waals surface area contributed by atoms with E-state index < -0.39 is 6.09 Å². The summed E-state index contributed by atoms with van der Waals surface area (Å²) in [4.78, 5) is 19.0. The number of halogens is 2. The first-order valence-corrected chi connectivity index (χ1v) is 6.80. The average molecular weight is 333 g/mol. The molecule has 0 spiro atoms. The van der Waals surface area contributed by atoms with E-state index in [9.17, 15) is 4.79 Å². The highest BCUT2D eigenvalue weighted by atomic mass is 79.9. The number of hydrogen-bond acceptors (Lipinski definition) is 3. The first kappa shape index (κ1) is 12.0. The van der Waals surface area contributed by atoms with E-state index in [1.807, 2.05) is 6.07 Å². The Labute approximate surface area is 117 Å². The number of fused-ring (bicyclic) bond motifs is 2. The second-order valence-corrected chi connectivity index (χ2v) is 5.86. The predicted molar refractivity (Wildman–Crippen MR) is 71.2 cm³/mol. The second-order valence-electron chi connectivity index (χ2n) is 4.59. The smallest absolute Gasteiger partial charge is 0.407 e. The number of carbonyl (C=O) groups is 1. The van der Waals surface area contributed by atoms with Gasteiger partial charge in [-0.15, -0.1) is 0 Å². The Morgan fingerprint density at radius 2 is 2.17 bits per heavy atom. The van der Waals surface area contributed by atoms with E-state index in [1.54, 1.807) is 6.20 Å². The third kappa shape index (κ3) is 1.83. The zero-order valence-corrected chi connectivity index (χ0v) is 11.7. The van der Waals surface area contributed by atoms with Crippen LogP contribution in [-0.4, -0.2) is 46.3 Å². The van der Waals surface area contributed by atoms with Gasteiger partial charge in [0.05, 0.1) is 21.6 Å². The molecule has 3 saturated heterocycles. The van der Waals surface area contributed by atoms with Crippen molar-refractivity contribution in [2.45, 2.75) is 18.5 Å². The molecule has 0 saturated carbocycles. The number of nitrogens with zero attached hydrogens (tertiary/aromatic N) is 3. The van der Waals surface area contributed by atoms with Gasteiger partial charge >= 0.3 is 6.09 Å². The van der Waals surface area contributed by atoms with Gasteiger partial charge in [0.25, 0.3) is 0 Å². The lowest BCUT2D eigenvalue weighted by molar-refractivity contribution is 0.0112. The fraction of sp³-hybridized carbons (Fsp3) is 0.455. The molecule has 0 aliphatic carbocycles. The fourth-order valence-electron chi connectivity index (χ4n) is 2.69. The first-order chi connectivity index (χ1) is 8.56. The highest BCUT2D eigenvalue weighted by Crippen LogP contribution is 2.35. The van der Waals surface area contributed by atoms with E-state index in [4.69, 9.17) is 16.7 Å². The molecule has 7 heteroatoms. The minimum atomic E-state index is -0.822. The molecule has 1 amide bonds. The summed E-state index contributed by atoms with van der Waals surface area (Å²) >= 11 is 9.35. The van der Waals surface area contributed by atoms with Gasteiger partial charge in [-0.3, -0.25) is 4.90 Å². The molecule has 3 aliphatic heterocycles. The third-order valence-electron chi connectivity index (χ3n) is 3.53. The van der Waals surface area contributed by atoms with Crippen molar-refractivity contribution in [1.82, 2.24) is 9.88 Å². The quantitative estimate of drug-likeness (QED) is 0.858. The van der Waals surface area contributed by atoms with E-state index in [-0.39, 0.29) is 12.1 Å². The molecule has 1 N–H and O–H groups in total. The molecule has 3 aliphatic rings. The number of aromatic nitrogens is 1. The molecule has 4 rings (SSSR count). The van der Waals surface area contributed by atoms with Crippen LogP contribution < -0.4 is 4.90 Å². The van der Waals surface area contributed by atoms with Crippen LogP contribution in [0.1, 0.15) is 6.42 Å². The van der Waals surface area contributed by atoms with Crippen LogP contribution in [0.3, 0.4) is 0 Å². The van der Waals surface area contributed by atoms with Crippen LogP contribution in [0.4, 0.5) is 10.6 Å². The van der Waals surface area contributed by atoms with Crippen LogP contribution in [0.15, 0.2) is 16.7 Å². The predicted octanol–water partition coefficient (Wildman–Crippen LogP) is 2.44. The van der Waals surface area contributed by atoms with Crippen LogP contribution in [0.5, 0.6) is 0 Å². The molecule has 0 aromatic carbocycles. The summed E-state index contributed by atoms with van der Waals surface area (Å²) in [6.45, 7) is 1.38. The van der Waals surface area contributed by atoms with Gasteiger partial charge < -0.3 is 10.0 Å². The molecule has 5 nitrogen and oxygen atoms in total. The first-order valence-electron chi connectivity index (χ1n) is 5.63. The Morgan fingerprint density at radius 1 is 1.50 bits per heavy atom. The van der Waals surface area contributed by atoms with Crippen molar-refractivity contribution in [3.63, 3.8) is 0 Å². The average Bonchev–Trinajstić information content (AvgIpc) is 2.32. The van der Waals surface area contributed by atoms with E-state index in [0.717, 1.165) is 16.7 Å². The van der Waals surface area contributed by atoms with Gasteiger partial charge in [0.15, 0.2) is 0 Å². The van der Waals surface area contributed by atoms with Crippen LogP contribution in [0.2, 0.25) is 5.02 Å². The van der Waals surface area contributed by atoms with Crippen LogP contribution in [-0.2, 0) is 0 Å². The SMILES string of the molecule is O=C(O)N1C2CC1CN(c1cc(Cl)c(Br)cn1)C2. The summed E-state index contributed by atoms with van der Waals surface area (Å²) < 4.78 is 0.766. The Bertz CT molecular complexity index is 501. The second kappa shape index (κ2) is 4.28. The summed E-state index contributed by atoms with van der Waals surface area (Å²) in [6, 6.07) is 1.98. The van der Waals surface area contributed by atoms with Crippen molar-refractivity contribution in [1.29, 1.82) is 0 Å². The van der Waals surface area contributed by atoms with Gasteiger partial charge in [-0.05, 0) is 22.4 Å². The van der Waals surface area contributed by atoms with Crippen molar-refractivity contribution >= 4 is 39.4 Å². The molecule has 3 fully saturated rings. The highest BCUT2D eigenvalue weighted by molar-refractivity contribution is 9.10. The molecule has 1 aromatic rings. The summed E-state index contributed by atoms with van der Waals surface area (Å²) in [5.74, 6) is 0.808. The van der Waals surface area contributed by atoms with Gasteiger partial charge in [-0.25, -0.2) is 9.78 Å². The number of piperidine rings is 1. The maximum absolute atomic E-state index is 11.0. The fourth-order valence-corrected chi connectivity index (χ4v) is 3.05. The van der Waals surface area contributed by atoms with Crippen molar-refractivity contribution < 1.29 is 9.90 Å². The number of rotatable bonds is 1. The lowest BCUT2D eigenvalue weighted by Crippen LogP contribution is -2.70. The van der Waals surface area contributed by atoms with Crippen molar-refractivity contribution in [3.8, 4) is 0 Å². The third-order valence-corrected chi connectivity index (χ3v) is 4.71. The van der Waals surface area contributed by atoms with E-state index in [2.05, 4.69) is 25.8 Å². The van der Waals surface area contributed by atoms with Gasteiger partial charge in [0.2, 0.25) is 0 Å². The van der Waals surface area contributed by atoms with Gasteiger partial charge in [-0.2, -0.15) is 0 Å². The van der Waals surface area contributed by atoms with Gasteiger partial charge in [0, 0.05) is 25.4 Å². The van der Waals surface area contributed by atoms with Crippen LogP contribution in [0.25, 0.3) is 0 Å². The Balaban J connectivity index is 1.77. The number of hydrogen-bond donors (Lipinski definition) is 1. The number of pyridine rings is 1. The Hall–Kier alpha value is -1.01. The van der Waals surface area contributed by atoms with Gasteiger partial charge in [0.1, 0.15) is 5.82 Å². The minimum absolute atomic E-state index is 0.0884. The number of amides is 1. The molecule has 1 aromatic heterocycles. The Morgan fingerprint density at radius 3 is 2.72 bits per heavy atom. The highest BCUT2D eigenvalue weighted by Gasteiger charge is 2.47. The molecule has 2 unspecified atom stereocenters. The molecule has 18 heavy (non-hydrogen) atoms. The van der Waals surface area contributed by atoms with Crippen molar-refractivity contribution in [3.05, 3.63) is 21.8 Å². The number of piperazine rings is 1. The van der Waals surface area contributed by atoms with Crippen LogP contribution in [0, 0.1) is 0 Å². The molecule has 4 heterocycles. The summed E-state index contributed by atoms with van der Waals surface area (Å²) in [5, 5.41) is 9.66. The lowest BCUT2D eigenvalue weighted by atomic mass is 9.88. The monoisotopic (exact) mass is 331 g/mol. The topological polar surface area (TPSA) is 56.7 Å². The summed E-state index contributed by atoms with van der Waals surface area (Å²) in [6.07, 6.45) is 1.80. The zero-order valence-electron chi connectivity index (χ0n) is 9.38. The van der Waals surface area contributed by atoms with E-state index in [1.165, 1.54) is 4.90 Å². The Kier molecular flexibility index (Phi) is 2.86. The molecular formula is C11H11BrClN3O2. The largest absolute Gasteiger partial charge is 0.465 e. The molecule has 2 bridgehead atoms. The maximum atomic E-state index is 11.0. The summed E-state index contributed by atoms with van der Waals surface area (Å²) in [7, 11) is 0. The molecule has 96 valence electrons. The summed E-state index contributed by atoms with van der Waals surface area (Å²) in [5.41, 5.74) is 0. The van der Waals surface area contributed by atoms with Crippen molar-refractivity contribution in [2.75, 3.05) is 18.0 Å². The number of carboxylic acid groups (broad SMARTS) is 1. The molecule has 2 atom stereocenters. The van der Waals surface area contributed by atoms with Gasteiger partial charge in [-0.1, -0.05) is 11.6 Å². The lowest BCUT2D eigenvalue weighted by Gasteiger charge is -2.55. The number of anilines is 1. The van der Waals surface area contributed by atoms with E-state index in [0.29, 0.717) is 18.1 Å². The normalized spacial score (nSPS) is 25.9. The van der Waals surface area contributed by atoms with Crippen LogP contribution >= 0.6 is 27.5 Å². The van der Waals surface area contributed by atoms with E-state index >= 15 is 0 Å². The molecule has 0 radical (unpaired) electrons. The van der Waals surface area contributed by atoms with Crippen molar-refractivity contribution in [2.24, 2.45) is 0 Å². The maximum Gasteiger partial charge on any atom is 0.407 e. The minimum Gasteiger partial charge on any atom is -0.465 e. The standard InChI is InChI=1S/C11H11BrClN3O2/c12-8-3-14-10(2-9(8)13)15-4-6-1-7(5-15)16(6)11(17)18/h2-3,6-7H,1,4-5H2,(H,17,18).